The van der Waals surface area contributed by atoms with E-state index in [-0.39, 0.29) is 31.1 Å². The average Bonchev–Trinajstić information content (AvgIpc) is 3.31. The van der Waals surface area contributed by atoms with Crippen molar-refractivity contribution >= 4 is 17.6 Å². The topological polar surface area (TPSA) is 92.7 Å². The fourth-order valence-corrected chi connectivity index (χ4v) is 3.99. The Morgan fingerprint density at radius 3 is 2.50 bits per heavy atom. The number of hydrogen-bond acceptors (Lipinski definition) is 6. The lowest BCUT2D eigenvalue weighted by atomic mass is 9.97. The molecule has 1 atom stereocenters. The van der Waals surface area contributed by atoms with E-state index in [0.717, 1.165) is 16.8 Å². The number of carbonyl (C=O) groups is 2. The summed E-state index contributed by atoms with van der Waals surface area (Å²) in [6, 6.07) is 14.5. The van der Waals surface area contributed by atoms with Crippen molar-refractivity contribution in [2.75, 3.05) is 41.0 Å². The minimum atomic E-state index is -0.448. The van der Waals surface area contributed by atoms with Gasteiger partial charge in [0.2, 0.25) is 0 Å². The Kier molecular flexibility index (Phi) is 8.93. The number of amides is 3. The van der Waals surface area contributed by atoms with E-state index in [1.165, 1.54) is 9.91 Å². The predicted molar refractivity (Wildman–Crippen MR) is 138 cm³/mol. The third-order valence-electron chi connectivity index (χ3n) is 5.73. The summed E-state index contributed by atoms with van der Waals surface area (Å²) in [4.78, 5) is 28.1. The Bertz CT molecular complexity index is 1100. The summed E-state index contributed by atoms with van der Waals surface area (Å²) >= 11 is 0. The molecule has 9 heteroatoms. The first kappa shape index (κ1) is 27.0. The highest BCUT2D eigenvalue weighted by molar-refractivity contribution is 6.03. The second-order valence-corrected chi connectivity index (χ2v) is 9.57. The van der Waals surface area contributed by atoms with Crippen molar-refractivity contribution in [1.82, 2.24) is 15.2 Å². The predicted octanol–water partition coefficient (Wildman–Crippen LogP) is 3.84. The van der Waals surface area contributed by atoms with Crippen LogP contribution in [0.3, 0.4) is 0 Å². The van der Waals surface area contributed by atoms with Crippen LogP contribution in [0.1, 0.15) is 44.4 Å². The summed E-state index contributed by atoms with van der Waals surface area (Å²) in [5.41, 5.74) is 2.01. The van der Waals surface area contributed by atoms with Gasteiger partial charge >= 0.3 is 6.03 Å². The van der Waals surface area contributed by atoms with Crippen LogP contribution in [0.15, 0.2) is 53.6 Å². The summed E-state index contributed by atoms with van der Waals surface area (Å²) in [5, 5.41) is 9.13. The zero-order valence-electron chi connectivity index (χ0n) is 21.9. The van der Waals surface area contributed by atoms with Gasteiger partial charge in [0.1, 0.15) is 18.0 Å². The maximum Gasteiger partial charge on any atom is 0.318 e. The van der Waals surface area contributed by atoms with Gasteiger partial charge in [0.25, 0.3) is 5.91 Å². The van der Waals surface area contributed by atoms with Gasteiger partial charge in [0.05, 0.1) is 32.6 Å². The number of hydrogen-bond donors (Lipinski definition) is 1. The molecule has 9 nitrogen and oxygen atoms in total. The van der Waals surface area contributed by atoms with Crippen molar-refractivity contribution in [2.45, 2.75) is 38.8 Å². The van der Waals surface area contributed by atoms with Crippen LogP contribution in [0, 0.1) is 0 Å². The molecule has 0 aliphatic carbocycles. The highest BCUT2D eigenvalue weighted by Crippen LogP contribution is 2.37. The molecule has 0 saturated carbocycles. The molecule has 2 aromatic rings. The number of nitrogens with one attached hydrogen (secondary N) is 1. The Morgan fingerprint density at radius 2 is 1.83 bits per heavy atom. The highest BCUT2D eigenvalue weighted by atomic mass is 16.5. The van der Waals surface area contributed by atoms with Crippen LogP contribution in [-0.2, 0) is 9.53 Å². The number of hydrazone groups is 1. The summed E-state index contributed by atoms with van der Waals surface area (Å²) in [6.07, 6.45) is 0.492. The van der Waals surface area contributed by atoms with Crippen LogP contribution in [0.5, 0.6) is 11.5 Å². The maximum absolute atomic E-state index is 13.7. The van der Waals surface area contributed by atoms with Gasteiger partial charge in [-0.1, -0.05) is 30.3 Å². The first-order chi connectivity index (χ1) is 17.2. The van der Waals surface area contributed by atoms with Gasteiger partial charge in [-0.05, 0) is 39.0 Å². The van der Waals surface area contributed by atoms with Crippen LogP contribution in [0.2, 0.25) is 0 Å². The third-order valence-corrected chi connectivity index (χ3v) is 5.73. The molecule has 1 aliphatic heterocycles. The van der Waals surface area contributed by atoms with E-state index in [0.29, 0.717) is 24.5 Å². The molecule has 194 valence electrons. The van der Waals surface area contributed by atoms with Crippen molar-refractivity contribution < 1.29 is 23.8 Å². The first-order valence-electron chi connectivity index (χ1n) is 11.9. The Labute approximate surface area is 213 Å². The molecule has 3 amide bonds. The number of ether oxygens (including phenoxy) is 3. The highest BCUT2D eigenvalue weighted by Gasteiger charge is 2.36. The second kappa shape index (κ2) is 11.9. The fraction of sp³-hybridized carbons (Fsp3) is 0.444. The summed E-state index contributed by atoms with van der Waals surface area (Å²) in [6.45, 7) is 6.10. The molecule has 0 radical (unpaired) electrons. The number of nitrogens with zero attached hydrogens (tertiary/aromatic N) is 3. The SMILES string of the molecule is COCCN(CC(=O)N1N=C(c2cccc(OC)c2)C[C@H]1c1ccccc1OC)C(=O)NC(C)(C)C. The quantitative estimate of drug-likeness (QED) is 0.570. The van der Waals surface area contributed by atoms with E-state index in [2.05, 4.69) is 5.32 Å². The second-order valence-electron chi connectivity index (χ2n) is 9.57. The molecule has 0 saturated heterocycles. The number of methoxy groups -OCH3 is 3. The first-order valence-corrected chi connectivity index (χ1v) is 11.9. The fourth-order valence-electron chi connectivity index (χ4n) is 3.99. The van der Waals surface area contributed by atoms with Gasteiger partial charge in [-0.25, -0.2) is 9.80 Å². The zero-order chi connectivity index (χ0) is 26.3. The molecule has 0 bridgehead atoms. The number of para-hydroxylation sites is 1. The van der Waals surface area contributed by atoms with Crippen molar-refractivity contribution in [1.29, 1.82) is 0 Å². The lowest BCUT2D eigenvalue weighted by molar-refractivity contribution is -0.133. The summed E-state index contributed by atoms with van der Waals surface area (Å²) in [5.74, 6) is 1.08. The van der Waals surface area contributed by atoms with E-state index < -0.39 is 5.54 Å². The minimum absolute atomic E-state index is 0.147. The molecule has 0 aromatic heterocycles. The normalized spacial score (nSPS) is 15.3. The minimum Gasteiger partial charge on any atom is -0.497 e. The van der Waals surface area contributed by atoms with Gasteiger partial charge in [0, 0.05) is 36.7 Å². The zero-order valence-corrected chi connectivity index (χ0v) is 21.9. The monoisotopic (exact) mass is 496 g/mol. The Morgan fingerprint density at radius 1 is 1.08 bits per heavy atom. The molecule has 0 spiro atoms. The molecule has 36 heavy (non-hydrogen) atoms. The van der Waals surface area contributed by atoms with Crippen molar-refractivity contribution in [3.8, 4) is 11.5 Å². The standard InChI is InChI=1S/C27H36N4O5/c1-27(2,3)28-26(33)30(14-15-34-4)18-25(32)31-23(21-12-7-8-13-24(21)36-6)17-22(29-31)19-10-9-11-20(16-19)35-5/h7-13,16,23H,14-15,17-18H2,1-6H3,(H,28,33)/t23-/m0/s1. The summed E-state index contributed by atoms with van der Waals surface area (Å²) < 4.78 is 16.1. The van der Waals surface area contributed by atoms with Crippen LogP contribution < -0.4 is 14.8 Å². The van der Waals surface area contributed by atoms with Gasteiger partial charge < -0.3 is 24.4 Å². The van der Waals surface area contributed by atoms with Crippen molar-refractivity contribution in [2.24, 2.45) is 5.10 Å². The van der Waals surface area contributed by atoms with E-state index in [1.54, 1.807) is 21.3 Å². The maximum atomic E-state index is 13.7. The molecule has 2 aromatic carbocycles. The molecule has 0 unspecified atom stereocenters. The molecule has 1 aliphatic rings. The number of rotatable bonds is 9. The molecule has 0 fully saturated rings. The van der Waals surface area contributed by atoms with E-state index >= 15 is 0 Å². The number of benzene rings is 2. The Hall–Kier alpha value is -3.59. The van der Waals surface area contributed by atoms with Crippen molar-refractivity contribution in [3.63, 3.8) is 0 Å². The summed E-state index contributed by atoms with van der Waals surface area (Å²) in [7, 11) is 4.78. The lowest BCUT2D eigenvalue weighted by Gasteiger charge is -2.30. The van der Waals surface area contributed by atoms with Crippen LogP contribution in [-0.4, -0.2) is 74.1 Å². The molecule has 1 heterocycles. The van der Waals surface area contributed by atoms with Crippen molar-refractivity contribution in [3.05, 3.63) is 59.7 Å². The van der Waals surface area contributed by atoms with Gasteiger partial charge in [-0.15, -0.1) is 0 Å². The van der Waals surface area contributed by atoms with Crippen LogP contribution in [0.25, 0.3) is 0 Å². The van der Waals surface area contributed by atoms with Gasteiger partial charge in [-0.3, -0.25) is 4.79 Å². The molecule has 3 rings (SSSR count). The molecular weight excluding hydrogens is 460 g/mol. The van der Waals surface area contributed by atoms with E-state index in [9.17, 15) is 9.59 Å². The molecular formula is C27H36N4O5. The molecule has 1 N–H and O–H groups in total. The van der Waals surface area contributed by atoms with E-state index in [1.807, 2.05) is 69.3 Å². The van der Waals surface area contributed by atoms with Crippen LogP contribution in [0.4, 0.5) is 4.79 Å². The Balaban J connectivity index is 1.94. The number of carbonyl (C=O) groups excluding carboxylic acids is 2. The third kappa shape index (κ3) is 6.75. The van der Waals surface area contributed by atoms with E-state index in [4.69, 9.17) is 19.3 Å². The lowest BCUT2D eigenvalue weighted by Crippen LogP contribution is -2.52. The smallest absolute Gasteiger partial charge is 0.318 e. The van der Waals surface area contributed by atoms with Gasteiger partial charge in [0.15, 0.2) is 0 Å². The van der Waals surface area contributed by atoms with Crippen LogP contribution >= 0.6 is 0 Å². The number of urea groups is 1. The largest absolute Gasteiger partial charge is 0.497 e. The average molecular weight is 497 g/mol. The van der Waals surface area contributed by atoms with Gasteiger partial charge in [-0.2, -0.15) is 5.10 Å².